The van der Waals surface area contributed by atoms with Gasteiger partial charge in [0.1, 0.15) is 5.75 Å². The first-order chi connectivity index (χ1) is 9.08. The van der Waals surface area contributed by atoms with Gasteiger partial charge in [0.2, 0.25) is 0 Å². The number of carboxylic acid groups (broad SMARTS) is 1. The van der Waals surface area contributed by atoms with Crippen molar-refractivity contribution in [3.8, 4) is 5.75 Å². The van der Waals surface area contributed by atoms with Crippen LogP contribution in [0.25, 0.3) is 0 Å². The number of hydrogen-bond acceptors (Lipinski definition) is 3. The van der Waals surface area contributed by atoms with Crippen LogP contribution in [0.2, 0.25) is 0 Å². The van der Waals surface area contributed by atoms with Gasteiger partial charge in [-0.05, 0) is 29.8 Å². The zero-order chi connectivity index (χ0) is 13.8. The molecule has 0 atom stereocenters. The van der Waals surface area contributed by atoms with E-state index in [0.717, 1.165) is 14.9 Å². The summed E-state index contributed by atoms with van der Waals surface area (Å²) in [5.41, 5.74) is 1.24. The Labute approximate surface area is 123 Å². The number of rotatable bonds is 4. The standard InChI is InChI=1S/C14H11BrO3S/c15-11-7-9(14(17)18)5-6-10(11)8-19-13-4-2-1-3-12(13)16/h1-7,16H,8H2,(H,17,18). The van der Waals surface area contributed by atoms with Gasteiger partial charge >= 0.3 is 5.97 Å². The molecule has 0 aliphatic heterocycles. The number of benzene rings is 2. The Hall–Kier alpha value is -1.46. The Balaban J connectivity index is 2.12. The lowest BCUT2D eigenvalue weighted by molar-refractivity contribution is 0.0697. The molecule has 0 unspecified atom stereocenters. The lowest BCUT2D eigenvalue weighted by Crippen LogP contribution is -1.96. The van der Waals surface area contributed by atoms with Crippen molar-refractivity contribution in [3.63, 3.8) is 0 Å². The molecular weight excluding hydrogens is 328 g/mol. The largest absolute Gasteiger partial charge is 0.507 e. The van der Waals surface area contributed by atoms with Crippen LogP contribution in [0.5, 0.6) is 5.75 Å². The van der Waals surface area contributed by atoms with Gasteiger partial charge in [-0.3, -0.25) is 0 Å². The third-order valence-electron chi connectivity index (χ3n) is 2.55. The number of aromatic carboxylic acids is 1. The molecule has 0 spiro atoms. The maximum absolute atomic E-state index is 10.8. The molecule has 0 aliphatic rings. The van der Waals surface area contributed by atoms with E-state index in [1.54, 1.807) is 30.3 Å². The average Bonchev–Trinajstić information content (AvgIpc) is 2.39. The van der Waals surface area contributed by atoms with Crippen molar-refractivity contribution in [2.24, 2.45) is 0 Å². The molecule has 0 amide bonds. The zero-order valence-corrected chi connectivity index (χ0v) is 12.2. The van der Waals surface area contributed by atoms with Crippen molar-refractivity contribution < 1.29 is 15.0 Å². The summed E-state index contributed by atoms with van der Waals surface area (Å²) >= 11 is 4.87. The summed E-state index contributed by atoms with van der Waals surface area (Å²) in [6.07, 6.45) is 0. The number of aromatic hydroxyl groups is 1. The molecule has 0 aliphatic carbocycles. The second-order valence-electron chi connectivity index (χ2n) is 3.87. The minimum atomic E-state index is -0.944. The van der Waals surface area contributed by atoms with Gasteiger partial charge < -0.3 is 10.2 Å². The van der Waals surface area contributed by atoms with E-state index in [-0.39, 0.29) is 11.3 Å². The van der Waals surface area contributed by atoms with Gasteiger partial charge in [0, 0.05) is 15.1 Å². The molecule has 19 heavy (non-hydrogen) atoms. The van der Waals surface area contributed by atoms with Crippen LogP contribution in [-0.2, 0) is 5.75 Å². The van der Waals surface area contributed by atoms with Crippen LogP contribution in [0.3, 0.4) is 0 Å². The summed E-state index contributed by atoms with van der Waals surface area (Å²) in [6, 6.07) is 12.1. The van der Waals surface area contributed by atoms with E-state index in [9.17, 15) is 9.90 Å². The Kier molecular flexibility index (Phi) is 4.50. The molecule has 2 N–H and O–H groups in total. The summed E-state index contributed by atoms with van der Waals surface area (Å²) in [4.78, 5) is 11.6. The molecule has 2 aromatic carbocycles. The van der Waals surface area contributed by atoms with Crippen LogP contribution < -0.4 is 0 Å². The quantitative estimate of drug-likeness (QED) is 0.822. The molecule has 2 rings (SSSR count). The first-order valence-electron chi connectivity index (χ1n) is 5.50. The smallest absolute Gasteiger partial charge is 0.335 e. The molecule has 0 radical (unpaired) electrons. The van der Waals surface area contributed by atoms with Crippen LogP contribution in [0, 0.1) is 0 Å². The highest BCUT2D eigenvalue weighted by Gasteiger charge is 2.08. The number of carboxylic acids is 1. The van der Waals surface area contributed by atoms with Gasteiger partial charge in [-0.2, -0.15) is 0 Å². The number of phenols is 1. The SMILES string of the molecule is O=C(O)c1ccc(CSc2ccccc2O)c(Br)c1. The van der Waals surface area contributed by atoms with Crippen molar-refractivity contribution in [1.29, 1.82) is 0 Å². The van der Waals surface area contributed by atoms with E-state index in [2.05, 4.69) is 15.9 Å². The molecule has 98 valence electrons. The molecule has 3 nitrogen and oxygen atoms in total. The number of hydrogen-bond donors (Lipinski definition) is 2. The highest BCUT2D eigenvalue weighted by atomic mass is 79.9. The second-order valence-corrected chi connectivity index (χ2v) is 5.74. The van der Waals surface area contributed by atoms with Gasteiger partial charge in [-0.15, -0.1) is 11.8 Å². The molecule has 0 fully saturated rings. The van der Waals surface area contributed by atoms with Gasteiger partial charge in [-0.1, -0.05) is 34.1 Å². The van der Waals surface area contributed by atoms with Crippen molar-refractivity contribution in [1.82, 2.24) is 0 Å². The van der Waals surface area contributed by atoms with E-state index in [0.29, 0.717) is 5.75 Å². The summed E-state index contributed by atoms with van der Waals surface area (Å²) in [7, 11) is 0. The summed E-state index contributed by atoms with van der Waals surface area (Å²) in [5, 5.41) is 18.5. The van der Waals surface area contributed by atoms with Crippen molar-refractivity contribution in [3.05, 3.63) is 58.1 Å². The molecule has 0 saturated heterocycles. The molecule has 0 saturated carbocycles. The Morgan fingerprint density at radius 1 is 1.21 bits per heavy atom. The van der Waals surface area contributed by atoms with E-state index >= 15 is 0 Å². The van der Waals surface area contributed by atoms with E-state index in [4.69, 9.17) is 5.11 Å². The topological polar surface area (TPSA) is 57.5 Å². The van der Waals surface area contributed by atoms with Crippen LogP contribution in [0.4, 0.5) is 0 Å². The Morgan fingerprint density at radius 3 is 2.58 bits per heavy atom. The Morgan fingerprint density at radius 2 is 1.95 bits per heavy atom. The van der Waals surface area contributed by atoms with Crippen LogP contribution in [-0.4, -0.2) is 16.2 Å². The fourth-order valence-corrected chi connectivity index (χ4v) is 3.19. The monoisotopic (exact) mass is 338 g/mol. The Bertz CT molecular complexity index is 613. The molecule has 5 heteroatoms. The molecule has 2 aromatic rings. The zero-order valence-electron chi connectivity index (χ0n) is 9.84. The summed E-state index contributed by atoms with van der Waals surface area (Å²) in [6.45, 7) is 0. The molecule has 0 heterocycles. The fraction of sp³-hybridized carbons (Fsp3) is 0.0714. The van der Waals surface area contributed by atoms with Crippen LogP contribution >= 0.6 is 27.7 Å². The van der Waals surface area contributed by atoms with E-state index in [1.165, 1.54) is 11.8 Å². The van der Waals surface area contributed by atoms with Gasteiger partial charge in [-0.25, -0.2) is 4.79 Å². The first kappa shape index (κ1) is 14.0. The first-order valence-corrected chi connectivity index (χ1v) is 7.28. The molecular formula is C14H11BrO3S. The second kappa shape index (κ2) is 6.12. The predicted octanol–water partition coefficient (Wildman–Crippen LogP) is 4.15. The number of para-hydroxylation sites is 1. The van der Waals surface area contributed by atoms with Crippen molar-refractivity contribution in [2.45, 2.75) is 10.6 Å². The summed E-state index contributed by atoms with van der Waals surface area (Å²) in [5.74, 6) is -0.0377. The highest BCUT2D eigenvalue weighted by Crippen LogP contribution is 2.32. The van der Waals surface area contributed by atoms with Crippen LogP contribution in [0.1, 0.15) is 15.9 Å². The highest BCUT2D eigenvalue weighted by molar-refractivity contribution is 9.10. The van der Waals surface area contributed by atoms with Crippen LogP contribution in [0.15, 0.2) is 51.8 Å². The average molecular weight is 339 g/mol. The molecule has 0 aromatic heterocycles. The minimum Gasteiger partial charge on any atom is -0.507 e. The number of thioether (sulfide) groups is 1. The van der Waals surface area contributed by atoms with E-state index < -0.39 is 5.97 Å². The third-order valence-corrected chi connectivity index (χ3v) is 4.40. The lowest BCUT2D eigenvalue weighted by atomic mass is 10.1. The van der Waals surface area contributed by atoms with Crippen molar-refractivity contribution >= 4 is 33.7 Å². The van der Waals surface area contributed by atoms with Gasteiger partial charge in [0.25, 0.3) is 0 Å². The maximum atomic E-state index is 10.8. The summed E-state index contributed by atoms with van der Waals surface area (Å²) < 4.78 is 0.760. The molecule has 0 bridgehead atoms. The van der Waals surface area contributed by atoms with Gasteiger partial charge in [0.15, 0.2) is 0 Å². The fourth-order valence-electron chi connectivity index (χ4n) is 1.53. The number of halogens is 1. The van der Waals surface area contributed by atoms with E-state index in [1.807, 2.05) is 12.1 Å². The maximum Gasteiger partial charge on any atom is 0.335 e. The van der Waals surface area contributed by atoms with Gasteiger partial charge in [0.05, 0.1) is 5.56 Å². The predicted molar refractivity (Wildman–Crippen MR) is 78.8 cm³/mol. The number of phenolic OH excluding ortho intramolecular Hbond substituents is 1. The lowest BCUT2D eigenvalue weighted by Gasteiger charge is -2.07. The normalized spacial score (nSPS) is 10.4. The minimum absolute atomic E-state index is 0.253. The van der Waals surface area contributed by atoms with Crippen molar-refractivity contribution in [2.75, 3.05) is 0 Å². The third kappa shape index (κ3) is 3.52. The number of carbonyl (C=O) groups is 1.